The van der Waals surface area contributed by atoms with Gasteiger partial charge in [-0.05, 0) is 50.1 Å². The van der Waals surface area contributed by atoms with Crippen LogP contribution >= 0.6 is 11.3 Å². The quantitative estimate of drug-likeness (QED) is 0.679. The number of nitrogens with one attached hydrogen (secondary N) is 1. The van der Waals surface area contributed by atoms with Crippen LogP contribution < -0.4 is 5.32 Å². The molecule has 8 heteroatoms. The molecule has 154 valence electrons. The van der Waals surface area contributed by atoms with E-state index in [0.29, 0.717) is 24.3 Å². The molecule has 1 aliphatic rings. The van der Waals surface area contributed by atoms with E-state index in [-0.39, 0.29) is 16.8 Å². The normalized spacial score (nSPS) is 16.3. The van der Waals surface area contributed by atoms with Gasteiger partial charge in [0.25, 0.3) is 11.8 Å². The van der Waals surface area contributed by atoms with Gasteiger partial charge in [0.05, 0.1) is 0 Å². The number of piperidine rings is 1. The van der Waals surface area contributed by atoms with E-state index in [4.69, 9.17) is 0 Å². The lowest BCUT2D eigenvalue weighted by atomic mass is 9.98. The van der Waals surface area contributed by atoms with Gasteiger partial charge in [-0.25, -0.2) is 4.39 Å². The fraction of sp³-hybridized carbons (Fsp3) is 0.273. The van der Waals surface area contributed by atoms with E-state index in [0.717, 1.165) is 23.4 Å². The van der Waals surface area contributed by atoms with E-state index in [1.165, 1.54) is 29.5 Å². The molecule has 0 radical (unpaired) electrons. The number of hydrogen-bond donors (Lipinski definition) is 1. The van der Waals surface area contributed by atoms with Crippen LogP contribution in [0.3, 0.4) is 0 Å². The SMILES string of the molecule is Cc1cccc(C(=O)N2CCC[C@@H](c3nnc(C(=O)Nc4cccc(F)c4)s3)C2)c1. The van der Waals surface area contributed by atoms with Crippen LogP contribution in [0.15, 0.2) is 48.5 Å². The Kier molecular flexibility index (Phi) is 5.85. The van der Waals surface area contributed by atoms with Crippen molar-refractivity contribution in [2.75, 3.05) is 18.4 Å². The Hall–Kier alpha value is -3.13. The predicted molar refractivity (Wildman–Crippen MR) is 113 cm³/mol. The average Bonchev–Trinajstić information content (AvgIpc) is 3.24. The summed E-state index contributed by atoms with van der Waals surface area (Å²) in [6, 6.07) is 13.3. The Morgan fingerprint density at radius 2 is 2.00 bits per heavy atom. The fourth-order valence-corrected chi connectivity index (χ4v) is 4.43. The molecule has 2 heterocycles. The van der Waals surface area contributed by atoms with Crippen LogP contribution in [0, 0.1) is 12.7 Å². The second-order valence-corrected chi connectivity index (χ2v) is 8.38. The number of rotatable bonds is 4. The lowest BCUT2D eigenvalue weighted by Crippen LogP contribution is -2.39. The Morgan fingerprint density at radius 1 is 1.17 bits per heavy atom. The zero-order valence-corrected chi connectivity index (χ0v) is 17.3. The first-order valence-corrected chi connectivity index (χ1v) is 10.6. The second-order valence-electron chi connectivity index (χ2n) is 7.37. The number of carbonyl (C=O) groups excluding carboxylic acids is 2. The van der Waals surface area contributed by atoms with Gasteiger partial charge in [0.1, 0.15) is 10.8 Å². The molecule has 1 saturated heterocycles. The number of aromatic nitrogens is 2. The summed E-state index contributed by atoms with van der Waals surface area (Å²) in [5, 5.41) is 11.8. The van der Waals surface area contributed by atoms with Gasteiger partial charge >= 0.3 is 0 Å². The zero-order chi connectivity index (χ0) is 21.1. The molecular formula is C22H21FN4O2S. The Bertz CT molecular complexity index is 1080. The predicted octanol–water partition coefficient (Wildman–Crippen LogP) is 4.26. The molecule has 1 aliphatic heterocycles. The third kappa shape index (κ3) is 4.54. The molecule has 4 rings (SSSR count). The van der Waals surface area contributed by atoms with Crippen molar-refractivity contribution in [3.05, 3.63) is 75.5 Å². The van der Waals surface area contributed by atoms with Crippen LogP contribution in [0.25, 0.3) is 0 Å². The van der Waals surface area contributed by atoms with Crippen LogP contribution in [-0.2, 0) is 0 Å². The summed E-state index contributed by atoms with van der Waals surface area (Å²) < 4.78 is 13.3. The summed E-state index contributed by atoms with van der Waals surface area (Å²) in [6.45, 7) is 3.22. The van der Waals surface area contributed by atoms with Crippen molar-refractivity contribution >= 4 is 28.8 Å². The minimum Gasteiger partial charge on any atom is -0.338 e. The van der Waals surface area contributed by atoms with E-state index in [1.807, 2.05) is 36.1 Å². The van der Waals surface area contributed by atoms with Gasteiger partial charge in [0, 0.05) is 30.3 Å². The van der Waals surface area contributed by atoms with E-state index in [1.54, 1.807) is 6.07 Å². The highest BCUT2D eigenvalue weighted by Crippen LogP contribution is 2.30. The standard InChI is InChI=1S/C22H21FN4O2S/c1-14-5-2-6-15(11-14)22(29)27-10-4-7-16(13-27)20-25-26-21(30-20)19(28)24-18-9-3-8-17(23)12-18/h2-3,5-6,8-9,11-12,16H,4,7,10,13H2,1H3,(H,24,28)/t16-/m1/s1. The third-order valence-electron chi connectivity index (χ3n) is 5.04. The number of anilines is 1. The Morgan fingerprint density at radius 3 is 2.80 bits per heavy atom. The maximum Gasteiger partial charge on any atom is 0.286 e. The van der Waals surface area contributed by atoms with Crippen molar-refractivity contribution in [2.24, 2.45) is 0 Å². The highest BCUT2D eigenvalue weighted by molar-refractivity contribution is 7.13. The van der Waals surface area contributed by atoms with Crippen molar-refractivity contribution in [2.45, 2.75) is 25.7 Å². The van der Waals surface area contributed by atoms with Crippen molar-refractivity contribution in [1.82, 2.24) is 15.1 Å². The van der Waals surface area contributed by atoms with E-state index < -0.39 is 11.7 Å². The monoisotopic (exact) mass is 424 g/mol. The van der Waals surface area contributed by atoms with Crippen LogP contribution in [0.2, 0.25) is 0 Å². The van der Waals surface area contributed by atoms with Gasteiger partial charge in [0.2, 0.25) is 5.01 Å². The first kappa shape index (κ1) is 20.2. The lowest BCUT2D eigenvalue weighted by molar-refractivity contribution is 0.0706. The molecular weight excluding hydrogens is 403 g/mol. The molecule has 6 nitrogen and oxygen atoms in total. The maximum absolute atomic E-state index is 13.3. The molecule has 0 aliphatic carbocycles. The summed E-state index contributed by atoms with van der Waals surface area (Å²) in [5.41, 5.74) is 2.10. The number of halogens is 1. The number of amides is 2. The number of nitrogens with zero attached hydrogens (tertiary/aromatic N) is 3. The van der Waals surface area contributed by atoms with Gasteiger partial charge in [-0.3, -0.25) is 9.59 Å². The molecule has 2 aromatic carbocycles. The van der Waals surface area contributed by atoms with E-state index >= 15 is 0 Å². The molecule has 1 fully saturated rings. The van der Waals surface area contributed by atoms with Crippen LogP contribution in [0.4, 0.5) is 10.1 Å². The summed E-state index contributed by atoms with van der Waals surface area (Å²) in [7, 11) is 0. The van der Waals surface area contributed by atoms with Gasteiger partial charge in [0.15, 0.2) is 0 Å². The van der Waals surface area contributed by atoms with Crippen LogP contribution in [0.1, 0.15) is 49.5 Å². The topological polar surface area (TPSA) is 75.2 Å². The molecule has 3 aromatic rings. The molecule has 0 bridgehead atoms. The largest absolute Gasteiger partial charge is 0.338 e. The second kappa shape index (κ2) is 8.71. The summed E-state index contributed by atoms with van der Waals surface area (Å²) in [4.78, 5) is 27.1. The van der Waals surface area contributed by atoms with Gasteiger partial charge in [-0.1, -0.05) is 35.1 Å². The Balaban J connectivity index is 1.44. The average molecular weight is 425 g/mol. The summed E-state index contributed by atoms with van der Waals surface area (Å²) >= 11 is 1.22. The van der Waals surface area contributed by atoms with Crippen molar-refractivity contribution < 1.29 is 14.0 Å². The minimum atomic E-state index is -0.425. The van der Waals surface area contributed by atoms with Gasteiger partial charge < -0.3 is 10.2 Å². The number of aryl methyl sites for hydroxylation is 1. The lowest BCUT2D eigenvalue weighted by Gasteiger charge is -2.31. The number of carbonyl (C=O) groups is 2. The minimum absolute atomic E-state index is 0.0111. The molecule has 30 heavy (non-hydrogen) atoms. The number of likely N-dealkylation sites (tertiary alicyclic amines) is 1. The third-order valence-corrected chi connectivity index (χ3v) is 6.12. The summed E-state index contributed by atoms with van der Waals surface area (Å²) in [6.07, 6.45) is 1.75. The van der Waals surface area contributed by atoms with Crippen LogP contribution in [-0.4, -0.2) is 40.0 Å². The zero-order valence-electron chi connectivity index (χ0n) is 16.5. The molecule has 2 amide bonds. The first-order chi connectivity index (χ1) is 14.5. The van der Waals surface area contributed by atoms with Crippen LogP contribution in [0.5, 0.6) is 0 Å². The molecule has 0 saturated carbocycles. The highest BCUT2D eigenvalue weighted by Gasteiger charge is 2.28. The molecule has 0 spiro atoms. The van der Waals surface area contributed by atoms with Crippen molar-refractivity contribution in [1.29, 1.82) is 0 Å². The maximum atomic E-state index is 13.3. The first-order valence-electron chi connectivity index (χ1n) is 9.76. The van der Waals surface area contributed by atoms with Gasteiger partial charge in [-0.2, -0.15) is 0 Å². The Labute approximate surface area is 177 Å². The van der Waals surface area contributed by atoms with E-state index in [9.17, 15) is 14.0 Å². The fourth-order valence-electron chi connectivity index (χ4n) is 3.57. The molecule has 1 atom stereocenters. The number of benzene rings is 2. The van der Waals surface area contributed by atoms with Gasteiger partial charge in [-0.15, -0.1) is 10.2 Å². The highest BCUT2D eigenvalue weighted by atomic mass is 32.1. The van der Waals surface area contributed by atoms with Crippen molar-refractivity contribution in [3.63, 3.8) is 0 Å². The van der Waals surface area contributed by atoms with Crippen molar-refractivity contribution in [3.8, 4) is 0 Å². The summed E-state index contributed by atoms with van der Waals surface area (Å²) in [5.74, 6) is -0.795. The smallest absolute Gasteiger partial charge is 0.286 e. The molecule has 1 aromatic heterocycles. The molecule has 0 unspecified atom stereocenters. The molecule has 1 N–H and O–H groups in total. The van der Waals surface area contributed by atoms with E-state index in [2.05, 4.69) is 15.5 Å². The number of hydrogen-bond acceptors (Lipinski definition) is 5.